The predicted octanol–water partition coefficient (Wildman–Crippen LogP) is 4.39. The van der Waals surface area contributed by atoms with Crippen molar-refractivity contribution in [3.63, 3.8) is 0 Å². The standard InChI is InChI=1S/C15H21ClO3S/c1-5-6-7-8-19-14-10-13(11(2)3)15(9-12(14)4)20(16,17)18/h5,9-11H,1,6-8H2,2-4H3. The van der Waals surface area contributed by atoms with Gasteiger partial charge in [-0.1, -0.05) is 19.9 Å². The third-order valence-electron chi connectivity index (χ3n) is 3.00. The van der Waals surface area contributed by atoms with Gasteiger partial charge < -0.3 is 4.74 Å². The van der Waals surface area contributed by atoms with E-state index in [0.717, 1.165) is 18.4 Å². The summed E-state index contributed by atoms with van der Waals surface area (Å²) in [6.07, 6.45) is 3.62. The normalized spacial score (nSPS) is 11.7. The summed E-state index contributed by atoms with van der Waals surface area (Å²) >= 11 is 0. The van der Waals surface area contributed by atoms with E-state index in [1.54, 1.807) is 12.1 Å². The average molecular weight is 317 g/mol. The Kier molecular flexibility index (Phi) is 6.08. The molecule has 20 heavy (non-hydrogen) atoms. The first-order valence-electron chi connectivity index (χ1n) is 6.60. The second-order valence-corrected chi connectivity index (χ2v) is 7.56. The van der Waals surface area contributed by atoms with Crippen molar-refractivity contribution in [1.29, 1.82) is 0 Å². The zero-order chi connectivity index (χ0) is 15.3. The molecule has 0 bridgehead atoms. The molecule has 1 aromatic rings. The lowest BCUT2D eigenvalue weighted by atomic mass is 10.0. The molecule has 0 aliphatic heterocycles. The van der Waals surface area contributed by atoms with E-state index in [9.17, 15) is 8.42 Å². The summed E-state index contributed by atoms with van der Waals surface area (Å²) in [7, 11) is 1.75. The molecule has 0 N–H and O–H groups in total. The molecule has 1 rings (SSSR count). The Morgan fingerprint density at radius 3 is 2.55 bits per heavy atom. The summed E-state index contributed by atoms with van der Waals surface area (Å²) in [6.45, 7) is 9.92. The Balaban J connectivity index is 3.11. The van der Waals surface area contributed by atoms with Crippen molar-refractivity contribution in [2.45, 2.75) is 44.4 Å². The molecule has 0 aliphatic rings. The molecule has 0 atom stereocenters. The van der Waals surface area contributed by atoms with Crippen molar-refractivity contribution >= 4 is 19.7 Å². The lowest BCUT2D eigenvalue weighted by Crippen LogP contribution is -2.04. The second-order valence-electron chi connectivity index (χ2n) is 5.03. The number of rotatable bonds is 7. The van der Waals surface area contributed by atoms with Gasteiger partial charge in [0.1, 0.15) is 5.75 Å². The van der Waals surface area contributed by atoms with Crippen LogP contribution in [0.25, 0.3) is 0 Å². The Morgan fingerprint density at radius 1 is 1.40 bits per heavy atom. The van der Waals surface area contributed by atoms with Gasteiger partial charge in [0, 0.05) is 10.7 Å². The SMILES string of the molecule is C=CCCCOc1cc(C(C)C)c(S(=O)(=O)Cl)cc1C. The Labute approximate surface area is 126 Å². The van der Waals surface area contributed by atoms with Crippen LogP contribution in [0, 0.1) is 6.92 Å². The molecule has 0 amide bonds. The van der Waals surface area contributed by atoms with Crippen molar-refractivity contribution in [2.24, 2.45) is 0 Å². The molecule has 5 heteroatoms. The van der Waals surface area contributed by atoms with Crippen LogP contribution in [0.1, 0.15) is 43.7 Å². The first-order chi connectivity index (χ1) is 9.27. The van der Waals surface area contributed by atoms with Gasteiger partial charge in [-0.05, 0) is 48.9 Å². The van der Waals surface area contributed by atoms with E-state index in [1.807, 2.05) is 26.8 Å². The second kappa shape index (κ2) is 7.14. The highest BCUT2D eigenvalue weighted by molar-refractivity contribution is 8.13. The summed E-state index contributed by atoms with van der Waals surface area (Å²) in [5.41, 5.74) is 1.46. The van der Waals surface area contributed by atoms with Crippen LogP contribution in [0.15, 0.2) is 29.7 Å². The van der Waals surface area contributed by atoms with Gasteiger partial charge in [-0.3, -0.25) is 0 Å². The number of hydrogen-bond acceptors (Lipinski definition) is 3. The molecular weight excluding hydrogens is 296 g/mol. The lowest BCUT2D eigenvalue weighted by Gasteiger charge is -2.16. The topological polar surface area (TPSA) is 43.4 Å². The predicted molar refractivity (Wildman–Crippen MR) is 83.2 cm³/mol. The summed E-state index contributed by atoms with van der Waals surface area (Å²) in [6, 6.07) is 3.36. The van der Waals surface area contributed by atoms with E-state index in [4.69, 9.17) is 15.4 Å². The lowest BCUT2D eigenvalue weighted by molar-refractivity contribution is 0.309. The molecule has 0 unspecified atom stereocenters. The Morgan fingerprint density at radius 2 is 2.05 bits per heavy atom. The number of unbranched alkanes of at least 4 members (excludes halogenated alkanes) is 1. The minimum Gasteiger partial charge on any atom is -0.493 e. The number of ether oxygens (including phenoxy) is 1. The van der Waals surface area contributed by atoms with Gasteiger partial charge in [-0.25, -0.2) is 8.42 Å². The van der Waals surface area contributed by atoms with Gasteiger partial charge in [0.05, 0.1) is 11.5 Å². The molecule has 0 radical (unpaired) electrons. The minimum absolute atomic E-state index is 0.0506. The zero-order valence-electron chi connectivity index (χ0n) is 12.1. The van der Waals surface area contributed by atoms with Crippen LogP contribution >= 0.6 is 10.7 Å². The van der Waals surface area contributed by atoms with E-state index in [-0.39, 0.29) is 10.8 Å². The first-order valence-corrected chi connectivity index (χ1v) is 8.91. The molecule has 0 aromatic heterocycles. The van der Waals surface area contributed by atoms with Gasteiger partial charge in [0.2, 0.25) is 0 Å². The number of benzene rings is 1. The van der Waals surface area contributed by atoms with Crippen molar-refractivity contribution in [2.75, 3.05) is 6.61 Å². The highest BCUT2D eigenvalue weighted by atomic mass is 35.7. The van der Waals surface area contributed by atoms with E-state index >= 15 is 0 Å². The number of halogens is 1. The molecule has 3 nitrogen and oxygen atoms in total. The third-order valence-corrected chi connectivity index (χ3v) is 4.38. The first kappa shape index (κ1) is 17.1. The van der Waals surface area contributed by atoms with Crippen LogP contribution in [0.5, 0.6) is 5.75 Å². The summed E-state index contributed by atoms with van der Waals surface area (Å²) in [4.78, 5) is 0.171. The monoisotopic (exact) mass is 316 g/mol. The fourth-order valence-corrected chi connectivity index (χ4v) is 3.20. The minimum atomic E-state index is -3.74. The maximum atomic E-state index is 11.6. The molecule has 0 fully saturated rings. The van der Waals surface area contributed by atoms with E-state index in [2.05, 4.69) is 6.58 Å². The molecule has 0 spiro atoms. The van der Waals surface area contributed by atoms with Crippen molar-refractivity contribution in [1.82, 2.24) is 0 Å². The highest BCUT2D eigenvalue weighted by Crippen LogP contribution is 2.32. The third kappa shape index (κ3) is 4.53. The largest absolute Gasteiger partial charge is 0.493 e. The molecule has 1 aromatic carbocycles. The highest BCUT2D eigenvalue weighted by Gasteiger charge is 2.20. The van der Waals surface area contributed by atoms with Crippen LogP contribution < -0.4 is 4.74 Å². The van der Waals surface area contributed by atoms with Crippen LogP contribution in [0.3, 0.4) is 0 Å². The van der Waals surface area contributed by atoms with Gasteiger partial charge >= 0.3 is 0 Å². The maximum Gasteiger partial charge on any atom is 0.261 e. The Hall–Kier alpha value is -1.00. The van der Waals surface area contributed by atoms with Crippen molar-refractivity contribution in [3.05, 3.63) is 35.9 Å². The van der Waals surface area contributed by atoms with E-state index in [1.165, 1.54) is 0 Å². The maximum absolute atomic E-state index is 11.6. The summed E-state index contributed by atoms with van der Waals surface area (Å²) in [5, 5.41) is 0. The summed E-state index contributed by atoms with van der Waals surface area (Å²) < 4.78 is 29.0. The molecule has 0 heterocycles. The molecule has 0 saturated heterocycles. The average Bonchev–Trinajstić information content (AvgIpc) is 2.34. The molecule has 0 saturated carbocycles. The van der Waals surface area contributed by atoms with Gasteiger partial charge in [0.15, 0.2) is 0 Å². The zero-order valence-corrected chi connectivity index (χ0v) is 13.7. The Bertz CT molecular complexity index is 577. The van der Waals surface area contributed by atoms with Gasteiger partial charge in [-0.2, -0.15) is 0 Å². The van der Waals surface area contributed by atoms with Crippen molar-refractivity contribution < 1.29 is 13.2 Å². The molecular formula is C15H21ClO3S. The molecule has 112 valence electrons. The van der Waals surface area contributed by atoms with Gasteiger partial charge in [0.25, 0.3) is 9.05 Å². The van der Waals surface area contributed by atoms with Crippen LogP contribution in [0.4, 0.5) is 0 Å². The van der Waals surface area contributed by atoms with Crippen LogP contribution in [-0.2, 0) is 9.05 Å². The molecule has 0 aliphatic carbocycles. The fraction of sp³-hybridized carbons (Fsp3) is 0.467. The smallest absolute Gasteiger partial charge is 0.261 e. The van der Waals surface area contributed by atoms with E-state index < -0.39 is 9.05 Å². The van der Waals surface area contributed by atoms with Crippen LogP contribution in [-0.4, -0.2) is 15.0 Å². The quantitative estimate of drug-likeness (QED) is 0.425. The summed E-state index contributed by atoms with van der Waals surface area (Å²) in [5.74, 6) is 0.761. The van der Waals surface area contributed by atoms with Crippen molar-refractivity contribution in [3.8, 4) is 5.75 Å². The number of allylic oxidation sites excluding steroid dienone is 1. The van der Waals surface area contributed by atoms with E-state index in [0.29, 0.717) is 17.9 Å². The number of aryl methyl sites for hydroxylation is 1. The fourth-order valence-electron chi connectivity index (χ4n) is 1.90. The number of hydrogen-bond donors (Lipinski definition) is 0. The van der Waals surface area contributed by atoms with Gasteiger partial charge in [-0.15, -0.1) is 6.58 Å². The van der Waals surface area contributed by atoms with Crippen LogP contribution in [0.2, 0.25) is 0 Å².